The van der Waals surface area contributed by atoms with Crippen molar-refractivity contribution < 1.29 is 4.39 Å². The summed E-state index contributed by atoms with van der Waals surface area (Å²) in [5, 5.41) is 5.76. The molecular weight excluding hydrogens is 243 g/mol. The average Bonchev–Trinajstić information content (AvgIpc) is 2.84. The van der Waals surface area contributed by atoms with Crippen molar-refractivity contribution in [3.05, 3.63) is 28.6 Å². The first kappa shape index (κ1) is 11.7. The largest absolute Gasteiger partial charge is 0.367 e. The molecule has 0 bridgehead atoms. The standard InChI is InChI=1S/C9H11FN6S/c10-6-5-14-9(16-11)15-8(6)13-2-1-7-12-3-4-17-7/h3-5H,1-2,11H2,(H2,13,14,15,16). The van der Waals surface area contributed by atoms with E-state index < -0.39 is 5.82 Å². The third kappa shape index (κ3) is 3.08. The van der Waals surface area contributed by atoms with Crippen LogP contribution in [0, 0.1) is 5.82 Å². The Labute approximate surface area is 101 Å². The third-order valence-electron chi connectivity index (χ3n) is 1.99. The monoisotopic (exact) mass is 254 g/mol. The van der Waals surface area contributed by atoms with Gasteiger partial charge in [-0.15, -0.1) is 11.3 Å². The van der Waals surface area contributed by atoms with Crippen LogP contribution in [0.15, 0.2) is 17.8 Å². The molecule has 0 aliphatic heterocycles. The van der Waals surface area contributed by atoms with Crippen molar-refractivity contribution in [2.45, 2.75) is 6.42 Å². The Morgan fingerprint density at radius 3 is 3.00 bits per heavy atom. The molecule has 6 nitrogen and oxygen atoms in total. The Bertz CT molecular complexity index is 474. The number of nitrogens with two attached hydrogens (primary N) is 1. The Balaban J connectivity index is 1.94. The highest BCUT2D eigenvalue weighted by molar-refractivity contribution is 7.09. The summed E-state index contributed by atoms with van der Waals surface area (Å²) < 4.78 is 13.3. The summed E-state index contributed by atoms with van der Waals surface area (Å²) in [6, 6.07) is 0. The number of nitrogens with one attached hydrogen (secondary N) is 2. The van der Waals surface area contributed by atoms with Gasteiger partial charge in [-0.3, -0.25) is 5.43 Å². The number of aromatic nitrogens is 3. The Morgan fingerprint density at radius 1 is 1.41 bits per heavy atom. The number of hydrogen-bond acceptors (Lipinski definition) is 7. The number of nitrogens with zero attached hydrogens (tertiary/aromatic N) is 3. The van der Waals surface area contributed by atoms with E-state index in [4.69, 9.17) is 5.84 Å². The summed E-state index contributed by atoms with van der Waals surface area (Å²) in [5.41, 5.74) is 2.26. The maximum Gasteiger partial charge on any atom is 0.239 e. The number of hydrogen-bond donors (Lipinski definition) is 3. The first-order valence-corrected chi connectivity index (χ1v) is 5.79. The van der Waals surface area contributed by atoms with E-state index in [0.717, 1.165) is 11.2 Å². The van der Waals surface area contributed by atoms with Crippen LogP contribution in [-0.4, -0.2) is 21.5 Å². The highest BCUT2D eigenvalue weighted by Gasteiger charge is 2.05. The number of rotatable bonds is 5. The molecule has 0 amide bonds. The minimum Gasteiger partial charge on any atom is -0.367 e. The quantitative estimate of drug-likeness (QED) is 0.545. The molecule has 0 unspecified atom stereocenters. The second kappa shape index (κ2) is 5.51. The van der Waals surface area contributed by atoms with Crippen LogP contribution in [0.3, 0.4) is 0 Å². The van der Waals surface area contributed by atoms with Crippen LogP contribution in [-0.2, 0) is 6.42 Å². The second-order valence-corrected chi connectivity index (χ2v) is 4.12. The van der Waals surface area contributed by atoms with Gasteiger partial charge < -0.3 is 5.32 Å². The van der Waals surface area contributed by atoms with Gasteiger partial charge in [0.05, 0.1) is 11.2 Å². The molecule has 0 radical (unpaired) electrons. The van der Waals surface area contributed by atoms with Crippen molar-refractivity contribution in [3.8, 4) is 0 Å². The van der Waals surface area contributed by atoms with Gasteiger partial charge in [0, 0.05) is 24.5 Å². The Kier molecular flexibility index (Phi) is 3.78. The molecular formula is C9H11FN6S. The van der Waals surface area contributed by atoms with E-state index in [2.05, 4.69) is 25.7 Å². The van der Waals surface area contributed by atoms with Crippen LogP contribution in [0.1, 0.15) is 5.01 Å². The SMILES string of the molecule is NNc1ncc(F)c(NCCc2nccs2)n1. The van der Waals surface area contributed by atoms with Crippen molar-refractivity contribution in [1.82, 2.24) is 15.0 Å². The van der Waals surface area contributed by atoms with E-state index in [9.17, 15) is 4.39 Å². The lowest BCUT2D eigenvalue weighted by Gasteiger charge is -2.06. The molecule has 2 aromatic heterocycles. The summed E-state index contributed by atoms with van der Waals surface area (Å²) in [6.07, 6.45) is 3.52. The smallest absolute Gasteiger partial charge is 0.239 e. The van der Waals surface area contributed by atoms with Gasteiger partial charge in [-0.25, -0.2) is 20.2 Å². The highest BCUT2D eigenvalue weighted by Crippen LogP contribution is 2.11. The summed E-state index contributed by atoms with van der Waals surface area (Å²) in [4.78, 5) is 11.6. The first-order valence-electron chi connectivity index (χ1n) is 4.91. The van der Waals surface area contributed by atoms with Gasteiger partial charge in [0.25, 0.3) is 0 Å². The molecule has 0 saturated heterocycles. The molecule has 4 N–H and O–H groups in total. The maximum absolute atomic E-state index is 13.3. The van der Waals surface area contributed by atoms with Gasteiger partial charge in [-0.2, -0.15) is 4.98 Å². The van der Waals surface area contributed by atoms with E-state index in [1.165, 1.54) is 0 Å². The number of anilines is 2. The van der Waals surface area contributed by atoms with Gasteiger partial charge >= 0.3 is 0 Å². The molecule has 2 rings (SSSR count). The summed E-state index contributed by atoms with van der Waals surface area (Å²) in [6.45, 7) is 0.547. The average molecular weight is 254 g/mol. The zero-order chi connectivity index (χ0) is 12.1. The van der Waals surface area contributed by atoms with Crippen LogP contribution in [0.4, 0.5) is 16.2 Å². The van der Waals surface area contributed by atoms with Crippen LogP contribution in [0.5, 0.6) is 0 Å². The normalized spacial score (nSPS) is 10.2. The lowest BCUT2D eigenvalue weighted by molar-refractivity contribution is 0.617. The zero-order valence-corrected chi connectivity index (χ0v) is 9.67. The number of hydrazine groups is 1. The topological polar surface area (TPSA) is 88.8 Å². The molecule has 2 heterocycles. The van der Waals surface area contributed by atoms with Crippen molar-refractivity contribution in [2.24, 2.45) is 5.84 Å². The lowest BCUT2D eigenvalue weighted by Crippen LogP contribution is -2.14. The Morgan fingerprint density at radius 2 is 2.29 bits per heavy atom. The fraction of sp³-hybridized carbons (Fsp3) is 0.222. The van der Waals surface area contributed by atoms with Gasteiger partial charge in [-0.05, 0) is 0 Å². The van der Waals surface area contributed by atoms with Gasteiger partial charge in [0.2, 0.25) is 5.95 Å². The van der Waals surface area contributed by atoms with Crippen molar-refractivity contribution in [1.29, 1.82) is 0 Å². The van der Waals surface area contributed by atoms with Crippen molar-refractivity contribution in [3.63, 3.8) is 0 Å². The van der Waals surface area contributed by atoms with Crippen molar-refractivity contribution >= 4 is 23.1 Å². The first-order chi connectivity index (χ1) is 8.29. The van der Waals surface area contributed by atoms with Crippen LogP contribution in [0.2, 0.25) is 0 Å². The van der Waals surface area contributed by atoms with Gasteiger partial charge in [0.15, 0.2) is 11.6 Å². The lowest BCUT2D eigenvalue weighted by atomic mass is 10.4. The predicted molar refractivity (Wildman–Crippen MR) is 64.1 cm³/mol. The zero-order valence-electron chi connectivity index (χ0n) is 8.85. The van der Waals surface area contributed by atoms with Gasteiger partial charge in [-0.1, -0.05) is 0 Å². The fourth-order valence-electron chi connectivity index (χ4n) is 1.22. The maximum atomic E-state index is 13.3. The van der Waals surface area contributed by atoms with E-state index in [-0.39, 0.29) is 11.8 Å². The summed E-state index contributed by atoms with van der Waals surface area (Å²) >= 11 is 1.56. The molecule has 0 aliphatic carbocycles. The Hall–Kier alpha value is -1.80. The molecule has 17 heavy (non-hydrogen) atoms. The third-order valence-corrected chi connectivity index (χ3v) is 2.83. The van der Waals surface area contributed by atoms with Crippen LogP contribution >= 0.6 is 11.3 Å². The highest BCUT2D eigenvalue weighted by atomic mass is 32.1. The van der Waals surface area contributed by atoms with E-state index in [1.807, 2.05) is 5.38 Å². The molecule has 90 valence electrons. The molecule has 0 atom stereocenters. The van der Waals surface area contributed by atoms with Gasteiger partial charge in [0.1, 0.15) is 0 Å². The second-order valence-electron chi connectivity index (χ2n) is 3.14. The van der Waals surface area contributed by atoms with Crippen LogP contribution < -0.4 is 16.6 Å². The number of halogens is 1. The summed E-state index contributed by atoms with van der Waals surface area (Å²) in [7, 11) is 0. The molecule has 0 aliphatic rings. The molecule has 0 spiro atoms. The fourth-order valence-corrected chi connectivity index (χ4v) is 1.85. The molecule has 0 aromatic carbocycles. The molecule has 2 aromatic rings. The van der Waals surface area contributed by atoms with Crippen LogP contribution in [0.25, 0.3) is 0 Å². The van der Waals surface area contributed by atoms with E-state index in [1.54, 1.807) is 17.5 Å². The van der Waals surface area contributed by atoms with E-state index >= 15 is 0 Å². The molecule has 0 saturated carbocycles. The minimum absolute atomic E-state index is 0.129. The number of nitrogen functional groups attached to an aromatic ring is 1. The predicted octanol–water partition coefficient (Wildman–Crippen LogP) is 1.01. The minimum atomic E-state index is -0.511. The molecule has 8 heteroatoms. The summed E-state index contributed by atoms with van der Waals surface area (Å²) in [5.74, 6) is 4.93. The van der Waals surface area contributed by atoms with E-state index in [0.29, 0.717) is 13.0 Å². The van der Waals surface area contributed by atoms with Crippen molar-refractivity contribution in [2.75, 3.05) is 17.3 Å². The number of thiazole rings is 1. The molecule has 0 fully saturated rings.